The highest BCUT2D eigenvalue weighted by molar-refractivity contribution is 9.10. The normalized spacial score (nSPS) is 15.8. The SMILES string of the molecule is O=S(=O)(CCCCNC1CC1)c1ccc(Br)cc1. The van der Waals surface area contributed by atoms with E-state index in [1.807, 2.05) is 0 Å². The van der Waals surface area contributed by atoms with E-state index in [1.54, 1.807) is 24.3 Å². The van der Waals surface area contributed by atoms with Gasteiger partial charge >= 0.3 is 0 Å². The van der Waals surface area contributed by atoms with Crippen molar-refractivity contribution in [3.63, 3.8) is 0 Å². The molecule has 2 rings (SSSR count). The number of sulfone groups is 1. The van der Waals surface area contributed by atoms with Crippen LogP contribution in [-0.4, -0.2) is 26.8 Å². The average molecular weight is 332 g/mol. The second-order valence-electron chi connectivity index (χ2n) is 4.71. The van der Waals surface area contributed by atoms with Crippen molar-refractivity contribution in [1.29, 1.82) is 0 Å². The van der Waals surface area contributed by atoms with Crippen LogP contribution in [0, 0.1) is 0 Å². The molecule has 0 atom stereocenters. The highest BCUT2D eigenvalue weighted by Crippen LogP contribution is 2.19. The van der Waals surface area contributed by atoms with Gasteiger partial charge in [0, 0.05) is 10.5 Å². The number of halogens is 1. The fourth-order valence-electron chi connectivity index (χ4n) is 1.77. The minimum atomic E-state index is -3.11. The number of nitrogens with one attached hydrogen (secondary N) is 1. The third-order valence-electron chi connectivity index (χ3n) is 3.02. The lowest BCUT2D eigenvalue weighted by atomic mass is 10.3. The Balaban J connectivity index is 1.77. The van der Waals surface area contributed by atoms with Gasteiger partial charge in [-0.3, -0.25) is 0 Å². The summed E-state index contributed by atoms with van der Waals surface area (Å²) in [5.74, 6) is 0.237. The minimum absolute atomic E-state index is 0.237. The van der Waals surface area contributed by atoms with Crippen LogP contribution in [-0.2, 0) is 9.84 Å². The van der Waals surface area contributed by atoms with Crippen LogP contribution in [0.5, 0.6) is 0 Å². The van der Waals surface area contributed by atoms with Crippen LogP contribution < -0.4 is 5.32 Å². The van der Waals surface area contributed by atoms with Gasteiger partial charge in [-0.15, -0.1) is 0 Å². The quantitative estimate of drug-likeness (QED) is 0.781. The van der Waals surface area contributed by atoms with Gasteiger partial charge in [0.2, 0.25) is 0 Å². The summed E-state index contributed by atoms with van der Waals surface area (Å²) in [5.41, 5.74) is 0. The van der Waals surface area contributed by atoms with Crippen molar-refractivity contribution in [2.24, 2.45) is 0 Å². The second-order valence-corrected chi connectivity index (χ2v) is 7.73. The molecule has 1 saturated carbocycles. The van der Waals surface area contributed by atoms with E-state index in [0.29, 0.717) is 10.9 Å². The maximum atomic E-state index is 12.0. The summed E-state index contributed by atoms with van der Waals surface area (Å²) in [7, 11) is -3.11. The topological polar surface area (TPSA) is 46.2 Å². The molecule has 1 aromatic rings. The summed E-state index contributed by atoms with van der Waals surface area (Å²) in [6.07, 6.45) is 4.19. The molecule has 3 nitrogen and oxygen atoms in total. The predicted octanol–water partition coefficient (Wildman–Crippen LogP) is 2.76. The average Bonchev–Trinajstić information content (AvgIpc) is 3.13. The number of hydrogen-bond donors (Lipinski definition) is 1. The first kappa shape index (κ1) is 14.0. The van der Waals surface area contributed by atoms with Crippen LogP contribution in [0.2, 0.25) is 0 Å². The first-order chi connectivity index (χ1) is 8.58. The molecule has 0 aliphatic heterocycles. The van der Waals surface area contributed by atoms with Gasteiger partial charge in [-0.05, 0) is 56.5 Å². The number of unbranched alkanes of at least 4 members (excludes halogenated alkanes) is 1. The second kappa shape index (κ2) is 6.17. The molecule has 0 aromatic heterocycles. The molecule has 1 fully saturated rings. The van der Waals surface area contributed by atoms with Crippen LogP contribution in [0.4, 0.5) is 0 Å². The third kappa shape index (κ3) is 4.37. The molecule has 1 N–H and O–H groups in total. The van der Waals surface area contributed by atoms with E-state index in [2.05, 4.69) is 21.2 Å². The fraction of sp³-hybridized carbons (Fsp3) is 0.538. The van der Waals surface area contributed by atoms with E-state index in [-0.39, 0.29) is 5.75 Å². The highest BCUT2D eigenvalue weighted by atomic mass is 79.9. The van der Waals surface area contributed by atoms with Crippen molar-refractivity contribution in [3.05, 3.63) is 28.7 Å². The molecule has 5 heteroatoms. The van der Waals surface area contributed by atoms with Gasteiger partial charge in [0.1, 0.15) is 0 Å². The highest BCUT2D eigenvalue weighted by Gasteiger charge is 2.19. The summed E-state index contributed by atoms with van der Waals surface area (Å²) >= 11 is 3.30. The molecule has 1 aromatic carbocycles. The lowest BCUT2D eigenvalue weighted by Gasteiger charge is -2.05. The summed E-state index contributed by atoms with van der Waals surface area (Å²) in [5, 5.41) is 3.39. The van der Waals surface area contributed by atoms with Crippen LogP contribution in [0.3, 0.4) is 0 Å². The molecule has 0 spiro atoms. The van der Waals surface area contributed by atoms with Crippen LogP contribution in [0.15, 0.2) is 33.6 Å². The molecule has 1 aliphatic carbocycles. The van der Waals surface area contributed by atoms with E-state index in [4.69, 9.17) is 0 Å². The number of benzene rings is 1. The van der Waals surface area contributed by atoms with Crippen molar-refractivity contribution in [2.75, 3.05) is 12.3 Å². The molecular formula is C13H18BrNO2S. The molecule has 100 valence electrons. The lowest BCUT2D eigenvalue weighted by Crippen LogP contribution is -2.18. The van der Waals surface area contributed by atoms with Crippen molar-refractivity contribution >= 4 is 25.8 Å². The predicted molar refractivity (Wildman–Crippen MR) is 76.5 cm³/mol. The molecule has 0 bridgehead atoms. The first-order valence-electron chi connectivity index (χ1n) is 6.30. The van der Waals surface area contributed by atoms with Gasteiger partial charge in [-0.1, -0.05) is 15.9 Å². The third-order valence-corrected chi connectivity index (χ3v) is 5.37. The van der Waals surface area contributed by atoms with E-state index >= 15 is 0 Å². The Morgan fingerprint density at radius 2 is 1.83 bits per heavy atom. The Hall–Kier alpha value is -0.390. The Kier molecular flexibility index (Phi) is 4.81. The largest absolute Gasteiger partial charge is 0.314 e. The fourth-order valence-corrected chi connectivity index (χ4v) is 3.41. The summed E-state index contributed by atoms with van der Waals surface area (Å²) in [6, 6.07) is 7.54. The van der Waals surface area contributed by atoms with E-state index in [9.17, 15) is 8.42 Å². The Morgan fingerprint density at radius 3 is 2.44 bits per heavy atom. The van der Waals surface area contributed by atoms with Gasteiger partial charge in [0.25, 0.3) is 0 Å². The summed E-state index contributed by atoms with van der Waals surface area (Å²) in [6.45, 7) is 0.931. The maximum absolute atomic E-state index is 12.0. The van der Waals surface area contributed by atoms with Gasteiger partial charge in [0.15, 0.2) is 9.84 Å². The monoisotopic (exact) mass is 331 g/mol. The van der Waals surface area contributed by atoms with Gasteiger partial charge < -0.3 is 5.32 Å². The van der Waals surface area contributed by atoms with E-state index < -0.39 is 9.84 Å². The van der Waals surface area contributed by atoms with Gasteiger partial charge in [0.05, 0.1) is 10.6 Å². The maximum Gasteiger partial charge on any atom is 0.178 e. The van der Waals surface area contributed by atoms with E-state index in [0.717, 1.165) is 23.9 Å². The molecule has 1 aliphatic rings. The molecule has 0 amide bonds. The van der Waals surface area contributed by atoms with Crippen molar-refractivity contribution in [2.45, 2.75) is 36.6 Å². The smallest absolute Gasteiger partial charge is 0.178 e. The van der Waals surface area contributed by atoms with E-state index in [1.165, 1.54) is 12.8 Å². The Morgan fingerprint density at radius 1 is 1.17 bits per heavy atom. The zero-order valence-electron chi connectivity index (χ0n) is 10.2. The molecule has 0 radical (unpaired) electrons. The summed E-state index contributed by atoms with van der Waals surface area (Å²) < 4.78 is 24.9. The van der Waals surface area contributed by atoms with Crippen molar-refractivity contribution in [3.8, 4) is 0 Å². The minimum Gasteiger partial charge on any atom is -0.314 e. The molecule has 0 heterocycles. The van der Waals surface area contributed by atoms with Crippen molar-refractivity contribution < 1.29 is 8.42 Å². The van der Waals surface area contributed by atoms with Gasteiger partial charge in [-0.2, -0.15) is 0 Å². The van der Waals surface area contributed by atoms with Crippen LogP contribution in [0.1, 0.15) is 25.7 Å². The number of rotatable bonds is 7. The number of hydrogen-bond acceptors (Lipinski definition) is 3. The van der Waals surface area contributed by atoms with Crippen molar-refractivity contribution in [1.82, 2.24) is 5.32 Å². The summed E-state index contributed by atoms with van der Waals surface area (Å²) in [4.78, 5) is 0.417. The Labute approximate surface area is 117 Å². The standard InChI is InChI=1S/C13H18BrNO2S/c14-11-3-7-13(8-4-11)18(16,17)10-2-1-9-15-12-5-6-12/h3-4,7-8,12,15H,1-2,5-6,9-10H2. The Bertz CT molecular complexity index is 480. The molecule has 0 saturated heterocycles. The zero-order chi connectivity index (χ0) is 13.0. The molecule has 0 unspecified atom stereocenters. The lowest BCUT2D eigenvalue weighted by molar-refractivity contribution is 0.586. The first-order valence-corrected chi connectivity index (χ1v) is 8.74. The van der Waals surface area contributed by atoms with Gasteiger partial charge in [-0.25, -0.2) is 8.42 Å². The molecular weight excluding hydrogens is 314 g/mol. The molecule has 18 heavy (non-hydrogen) atoms. The zero-order valence-corrected chi connectivity index (χ0v) is 12.6. The van der Waals surface area contributed by atoms with Crippen LogP contribution >= 0.6 is 15.9 Å². The van der Waals surface area contributed by atoms with Crippen LogP contribution in [0.25, 0.3) is 0 Å².